The monoisotopic (exact) mass is 410 g/mol. The number of carbonyl (C=O) groups excluding carboxylic acids is 2. The van der Waals surface area contributed by atoms with Crippen molar-refractivity contribution in [3.05, 3.63) is 52.3 Å². The molecule has 1 heterocycles. The summed E-state index contributed by atoms with van der Waals surface area (Å²) in [7, 11) is 0. The van der Waals surface area contributed by atoms with E-state index in [9.17, 15) is 27.2 Å². The Hall–Kier alpha value is -2.91. The molecular weight excluding hydrogens is 392 g/mol. The molecule has 1 aromatic carbocycles. The van der Waals surface area contributed by atoms with Crippen molar-refractivity contribution in [2.45, 2.75) is 50.6 Å². The molecule has 0 saturated heterocycles. The summed E-state index contributed by atoms with van der Waals surface area (Å²) in [6.07, 6.45) is -0.136. The minimum atomic E-state index is -3.28. The van der Waals surface area contributed by atoms with Crippen molar-refractivity contribution < 1.29 is 27.2 Å². The maximum atomic E-state index is 14.6. The summed E-state index contributed by atoms with van der Waals surface area (Å²) >= 11 is 0. The molecule has 2 amide bonds. The molecule has 0 atom stereocenters. The maximum absolute atomic E-state index is 14.6. The molecule has 154 valence electrons. The van der Waals surface area contributed by atoms with Gasteiger partial charge in [-0.15, -0.1) is 0 Å². The van der Waals surface area contributed by atoms with Gasteiger partial charge < -0.3 is 10.6 Å². The van der Waals surface area contributed by atoms with Crippen LogP contribution in [0.1, 0.15) is 65.2 Å². The van der Waals surface area contributed by atoms with Gasteiger partial charge in [0.05, 0.1) is 0 Å². The number of aromatic nitrogens is 2. The van der Waals surface area contributed by atoms with Crippen LogP contribution in [0.15, 0.2) is 18.2 Å². The normalized spacial score (nSPS) is 16.3. The van der Waals surface area contributed by atoms with Crippen molar-refractivity contribution in [2.24, 2.45) is 5.73 Å². The van der Waals surface area contributed by atoms with Crippen LogP contribution < -0.4 is 5.73 Å². The number of nitrogens with zero attached hydrogens (tertiary/aromatic N) is 3. The summed E-state index contributed by atoms with van der Waals surface area (Å²) in [5.74, 6) is -2.75. The second kappa shape index (κ2) is 7.16. The number of alkyl halides is 2. The summed E-state index contributed by atoms with van der Waals surface area (Å²) in [5, 5.41) is 3.18. The van der Waals surface area contributed by atoms with E-state index in [1.165, 1.54) is 17.0 Å². The van der Waals surface area contributed by atoms with E-state index in [1.54, 1.807) is 6.07 Å². The van der Waals surface area contributed by atoms with E-state index < -0.39 is 41.4 Å². The van der Waals surface area contributed by atoms with Crippen LogP contribution in [0.4, 0.5) is 22.4 Å². The highest BCUT2D eigenvalue weighted by molar-refractivity contribution is 5.96. The molecule has 1 aromatic heterocycles. The van der Waals surface area contributed by atoms with E-state index in [0.717, 1.165) is 18.4 Å². The SMILES string of the molecule is NC(=O)n1nc(C(F)F)c(C(=O)N(Cc2cc(F)ccc2C2CC2)C2CC2)c1F. The predicted octanol–water partition coefficient (Wildman–Crippen LogP) is 3.71. The van der Waals surface area contributed by atoms with E-state index in [-0.39, 0.29) is 23.2 Å². The lowest BCUT2D eigenvalue weighted by molar-refractivity contribution is 0.0711. The molecule has 0 aliphatic heterocycles. The molecule has 2 aliphatic rings. The number of nitrogens with two attached hydrogens (primary N) is 1. The van der Waals surface area contributed by atoms with Gasteiger partial charge in [-0.2, -0.15) is 14.2 Å². The Morgan fingerprint density at radius 2 is 1.90 bits per heavy atom. The second-order valence-corrected chi connectivity index (χ2v) is 7.38. The largest absolute Gasteiger partial charge is 0.350 e. The molecule has 2 fully saturated rings. The molecule has 0 bridgehead atoms. The second-order valence-electron chi connectivity index (χ2n) is 7.38. The van der Waals surface area contributed by atoms with E-state index in [2.05, 4.69) is 5.10 Å². The van der Waals surface area contributed by atoms with Crippen LogP contribution in [0.3, 0.4) is 0 Å². The average molecular weight is 410 g/mol. The maximum Gasteiger partial charge on any atom is 0.342 e. The Kier molecular flexibility index (Phi) is 4.79. The van der Waals surface area contributed by atoms with Crippen LogP contribution in [0.5, 0.6) is 0 Å². The number of rotatable bonds is 6. The van der Waals surface area contributed by atoms with Gasteiger partial charge in [-0.1, -0.05) is 6.07 Å². The van der Waals surface area contributed by atoms with Crippen molar-refractivity contribution in [3.8, 4) is 0 Å². The van der Waals surface area contributed by atoms with Crippen molar-refractivity contribution in [2.75, 3.05) is 0 Å². The highest BCUT2D eigenvalue weighted by atomic mass is 19.3. The van der Waals surface area contributed by atoms with Crippen LogP contribution in [-0.2, 0) is 6.54 Å². The standard InChI is InChI=1S/C19H18F4N4O2/c20-11-3-6-13(9-1-2-9)10(7-11)8-26(12-4-5-12)18(28)14-15(16(21)22)25-27(17(14)23)19(24)29/h3,6-7,9,12,16H,1-2,4-5,8H2,(H2,24,29). The lowest BCUT2D eigenvalue weighted by Gasteiger charge is -2.24. The number of benzene rings is 1. The highest BCUT2D eigenvalue weighted by Gasteiger charge is 2.39. The minimum absolute atomic E-state index is 0.0440. The third kappa shape index (κ3) is 3.70. The summed E-state index contributed by atoms with van der Waals surface area (Å²) < 4.78 is 55.1. The van der Waals surface area contributed by atoms with Gasteiger partial charge in [0.15, 0.2) is 0 Å². The smallest absolute Gasteiger partial charge is 0.342 e. The van der Waals surface area contributed by atoms with Gasteiger partial charge in [-0.25, -0.2) is 18.0 Å². The van der Waals surface area contributed by atoms with Gasteiger partial charge in [0, 0.05) is 12.6 Å². The molecule has 4 rings (SSSR count). The molecule has 2 N–H and O–H groups in total. The quantitative estimate of drug-likeness (QED) is 0.738. The van der Waals surface area contributed by atoms with Gasteiger partial charge >= 0.3 is 6.03 Å². The van der Waals surface area contributed by atoms with Crippen LogP contribution in [-0.4, -0.2) is 32.7 Å². The van der Waals surface area contributed by atoms with Gasteiger partial charge in [0.1, 0.15) is 17.1 Å². The van der Waals surface area contributed by atoms with Crippen LogP contribution >= 0.6 is 0 Å². The predicted molar refractivity (Wildman–Crippen MR) is 93.4 cm³/mol. The number of primary amides is 1. The van der Waals surface area contributed by atoms with E-state index in [4.69, 9.17) is 5.73 Å². The average Bonchev–Trinajstić information content (AvgIpc) is 3.56. The molecule has 10 heteroatoms. The Labute approximate surface area is 163 Å². The fraction of sp³-hybridized carbons (Fsp3) is 0.421. The molecule has 2 saturated carbocycles. The first-order valence-electron chi connectivity index (χ1n) is 9.23. The number of hydrogen-bond donors (Lipinski definition) is 1. The Balaban J connectivity index is 1.72. The highest BCUT2D eigenvalue weighted by Crippen LogP contribution is 2.43. The summed E-state index contributed by atoms with van der Waals surface area (Å²) in [6.45, 7) is -0.0447. The van der Waals surface area contributed by atoms with E-state index in [1.807, 2.05) is 0 Å². The van der Waals surface area contributed by atoms with Crippen molar-refractivity contribution in [3.63, 3.8) is 0 Å². The zero-order valence-corrected chi connectivity index (χ0v) is 15.2. The molecule has 0 unspecified atom stereocenters. The Morgan fingerprint density at radius 1 is 1.21 bits per heavy atom. The van der Waals surface area contributed by atoms with Gasteiger partial charge in [-0.05, 0) is 54.9 Å². The summed E-state index contributed by atoms with van der Waals surface area (Å²) in [4.78, 5) is 25.6. The molecule has 2 aromatic rings. The lowest BCUT2D eigenvalue weighted by atomic mass is 10.0. The fourth-order valence-corrected chi connectivity index (χ4v) is 3.49. The zero-order chi connectivity index (χ0) is 20.9. The zero-order valence-electron chi connectivity index (χ0n) is 15.2. The molecule has 6 nitrogen and oxygen atoms in total. The van der Waals surface area contributed by atoms with Crippen molar-refractivity contribution in [1.82, 2.24) is 14.7 Å². The third-order valence-corrected chi connectivity index (χ3v) is 5.20. The van der Waals surface area contributed by atoms with Crippen LogP contribution in [0.2, 0.25) is 0 Å². The van der Waals surface area contributed by atoms with Crippen LogP contribution in [0.25, 0.3) is 0 Å². The number of carbonyl (C=O) groups is 2. The Morgan fingerprint density at radius 3 is 2.45 bits per heavy atom. The molecule has 0 radical (unpaired) electrons. The number of hydrogen-bond acceptors (Lipinski definition) is 3. The molecular formula is C19H18F4N4O2. The van der Waals surface area contributed by atoms with E-state index in [0.29, 0.717) is 18.4 Å². The van der Waals surface area contributed by atoms with Crippen molar-refractivity contribution in [1.29, 1.82) is 0 Å². The fourth-order valence-electron chi connectivity index (χ4n) is 3.49. The summed E-state index contributed by atoms with van der Waals surface area (Å²) in [5.41, 5.74) is 4.30. The first-order chi connectivity index (χ1) is 13.8. The third-order valence-electron chi connectivity index (χ3n) is 5.20. The molecule has 29 heavy (non-hydrogen) atoms. The summed E-state index contributed by atoms with van der Waals surface area (Å²) in [6, 6.07) is 2.62. The molecule has 2 aliphatic carbocycles. The van der Waals surface area contributed by atoms with E-state index >= 15 is 0 Å². The van der Waals surface area contributed by atoms with Crippen LogP contribution in [0, 0.1) is 11.8 Å². The van der Waals surface area contributed by atoms with Gasteiger partial charge in [0.25, 0.3) is 12.3 Å². The number of amides is 2. The topological polar surface area (TPSA) is 81.2 Å². The first kappa shape index (κ1) is 19.4. The van der Waals surface area contributed by atoms with Gasteiger partial charge in [-0.3, -0.25) is 4.79 Å². The van der Waals surface area contributed by atoms with Crippen molar-refractivity contribution >= 4 is 11.9 Å². The number of halogens is 4. The van der Waals surface area contributed by atoms with Gasteiger partial charge in [0.2, 0.25) is 5.95 Å². The minimum Gasteiger partial charge on any atom is -0.350 e. The Bertz CT molecular complexity index is 983. The first-order valence-corrected chi connectivity index (χ1v) is 9.23. The lowest BCUT2D eigenvalue weighted by Crippen LogP contribution is -2.34. The molecule has 0 spiro atoms.